The molecule has 4 heterocycles. The molecule has 2 aliphatic rings. The van der Waals surface area contributed by atoms with Gasteiger partial charge in [-0.2, -0.15) is 8.78 Å². The van der Waals surface area contributed by atoms with Gasteiger partial charge in [-0.1, -0.05) is 0 Å². The van der Waals surface area contributed by atoms with E-state index in [-0.39, 0.29) is 17.8 Å². The molecule has 7 nitrogen and oxygen atoms in total. The second kappa shape index (κ2) is 8.07. The van der Waals surface area contributed by atoms with Crippen molar-refractivity contribution < 1.29 is 23.0 Å². The number of rotatable bonds is 5. The summed E-state index contributed by atoms with van der Waals surface area (Å²) in [6, 6.07) is 9.07. The Kier molecular flexibility index (Phi) is 5.08. The number of benzene rings is 1. The average molecular weight is 438 g/mol. The summed E-state index contributed by atoms with van der Waals surface area (Å²) in [5.74, 6) is 1.33. The lowest BCUT2D eigenvalue weighted by Gasteiger charge is -2.28. The maximum Gasteiger partial charge on any atom is 0.387 e. The van der Waals surface area contributed by atoms with Gasteiger partial charge in [-0.05, 0) is 31.5 Å². The van der Waals surface area contributed by atoms with Gasteiger partial charge in [0.15, 0.2) is 0 Å². The molecule has 0 unspecified atom stereocenters. The van der Waals surface area contributed by atoms with Crippen molar-refractivity contribution in [1.82, 2.24) is 9.97 Å². The Morgan fingerprint density at radius 1 is 1.19 bits per heavy atom. The van der Waals surface area contributed by atoms with E-state index < -0.39 is 6.61 Å². The van der Waals surface area contributed by atoms with Crippen LogP contribution in [0.4, 0.5) is 26.0 Å². The summed E-state index contributed by atoms with van der Waals surface area (Å²) in [7, 11) is 0. The number of alkyl halides is 2. The Bertz CT molecular complexity index is 1190. The van der Waals surface area contributed by atoms with Crippen LogP contribution in [0, 0.1) is 0 Å². The SMILES string of the molecule is C[C@@H]1Oc2cc(N3CCCC3=O)ccc2-c2cnc(Nc3cncc(OC(F)F)c3)cc21. The molecule has 1 amide bonds. The van der Waals surface area contributed by atoms with E-state index in [4.69, 9.17) is 4.74 Å². The Balaban J connectivity index is 1.42. The summed E-state index contributed by atoms with van der Waals surface area (Å²) in [5, 5.41) is 3.07. The molecule has 3 aromatic rings. The fraction of sp³-hybridized carbons (Fsp3) is 0.261. The molecule has 0 bridgehead atoms. The van der Waals surface area contributed by atoms with E-state index in [0.717, 1.165) is 35.3 Å². The standard InChI is InChI=1S/C23H20F2N4O3/c1-13-18-9-21(28-14-7-16(11-26-10-14)32-23(24)25)27-12-19(18)17-5-4-15(8-20(17)31-13)29-6-2-3-22(29)30/h4-5,7-13,23H,2-3,6H2,1H3,(H,27,28)/t13-/m0/s1. The summed E-state index contributed by atoms with van der Waals surface area (Å²) < 4.78 is 35.4. The lowest BCUT2D eigenvalue weighted by Crippen LogP contribution is -2.24. The van der Waals surface area contributed by atoms with Crippen molar-refractivity contribution >= 4 is 23.1 Å². The van der Waals surface area contributed by atoms with Crippen molar-refractivity contribution in [3.63, 3.8) is 0 Å². The molecule has 5 rings (SSSR count). The first kappa shape index (κ1) is 20.2. The molecule has 164 valence electrons. The van der Waals surface area contributed by atoms with Crippen LogP contribution in [0.15, 0.2) is 48.9 Å². The van der Waals surface area contributed by atoms with Gasteiger partial charge in [0.05, 0.1) is 18.1 Å². The molecule has 1 saturated heterocycles. The molecule has 0 aliphatic carbocycles. The van der Waals surface area contributed by atoms with Gasteiger partial charge < -0.3 is 19.7 Å². The van der Waals surface area contributed by atoms with Crippen LogP contribution in [-0.2, 0) is 4.79 Å². The van der Waals surface area contributed by atoms with Crippen molar-refractivity contribution in [2.24, 2.45) is 0 Å². The molecular weight excluding hydrogens is 418 g/mol. The predicted octanol–water partition coefficient (Wildman–Crippen LogP) is 5.07. The number of hydrogen-bond donors (Lipinski definition) is 1. The fourth-order valence-corrected chi connectivity index (χ4v) is 4.08. The van der Waals surface area contributed by atoms with Gasteiger partial charge in [0.2, 0.25) is 5.91 Å². The van der Waals surface area contributed by atoms with Crippen molar-refractivity contribution in [1.29, 1.82) is 0 Å². The lowest BCUT2D eigenvalue weighted by atomic mass is 9.94. The maximum atomic E-state index is 12.4. The quantitative estimate of drug-likeness (QED) is 0.600. The number of hydrogen-bond acceptors (Lipinski definition) is 6. The number of nitrogens with one attached hydrogen (secondary N) is 1. The summed E-state index contributed by atoms with van der Waals surface area (Å²) in [6.07, 6.45) is 5.66. The van der Waals surface area contributed by atoms with Crippen LogP contribution in [0.3, 0.4) is 0 Å². The average Bonchev–Trinajstić information content (AvgIpc) is 3.19. The molecule has 9 heteroatoms. The summed E-state index contributed by atoms with van der Waals surface area (Å²) in [4.78, 5) is 22.3. The zero-order chi connectivity index (χ0) is 22.2. The maximum absolute atomic E-state index is 12.4. The largest absolute Gasteiger partial charge is 0.485 e. The van der Waals surface area contributed by atoms with Crippen molar-refractivity contribution in [3.8, 4) is 22.6 Å². The summed E-state index contributed by atoms with van der Waals surface area (Å²) in [6.45, 7) is -0.257. The van der Waals surface area contributed by atoms with Gasteiger partial charge >= 0.3 is 6.61 Å². The van der Waals surface area contributed by atoms with E-state index in [0.29, 0.717) is 23.7 Å². The van der Waals surface area contributed by atoms with Gasteiger partial charge in [0.1, 0.15) is 23.4 Å². The first-order chi connectivity index (χ1) is 15.5. The molecule has 2 aromatic heterocycles. The molecule has 1 fully saturated rings. The second-order valence-electron chi connectivity index (χ2n) is 7.66. The number of amides is 1. The van der Waals surface area contributed by atoms with Crippen LogP contribution in [0.25, 0.3) is 11.1 Å². The van der Waals surface area contributed by atoms with Gasteiger partial charge in [-0.15, -0.1) is 0 Å². The van der Waals surface area contributed by atoms with E-state index in [1.165, 1.54) is 18.5 Å². The van der Waals surface area contributed by atoms with E-state index in [1.807, 2.05) is 31.2 Å². The molecule has 2 aliphatic heterocycles. The highest BCUT2D eigenvalue weighted by molar-refractivity contribution is 5.96. The number of fused-ring (bicyclic) bond motifs is 3. The van der Waals surface area contributed by atoms with Crippen LogP contribution in [-0.4, -0.2) is 29.0 Å². The lowest BCUT2D eigenvalue weighted by molar-refractivity contribution is -0.117. The molecule has 1 N–H and O–H groups in total. The minimum absolute atomic E-state index is 0.0409. The number of aromatic nitrogens is 2. The van der Waals surface area contributed by atoms with Crippen molar-refractivity contribution in [2.75, 3.05) is 16.8 Å². The zero-order valence-corrected chi connectivity index (χ0v) is 17.2. The van der Waals surface area contributed by atoms with Crippen LogP contribution < -0.4 is 19.7 Å². The molecule has 0 radical (unpaired) electrons. The zero-order valence-electron chi connectivity index (χ0n) is 17.2. The van der Waals surface area contributed by atoms with Crippen LogP contribution in [0.1, 0.15) is 31.4 Å². The molecule has 1 atom stereocenters. The normalized spacial score (nSPS) is 17.1. The fourth-order valence-electron chi connectivity index (χ4n) is 4.08. The highest BCUT2D eigenvalue weighted by Crippen LogP contribution is 2.44. The molecule has 0 saturated carbocycles. The monoisotopic (exact) mass is 438 g/mol. The van der Waals surface area contributed by atoms with Gasteiger partial charge in [0.25, 0.3) is 0 Å². The number of ether oxygens (including phenoxy) is 2. The molecule has 1 aromatic carbocycles. The number of halogens is 2. The highest BCUT2D eigenvalue weighted by Gasteiger charge is 2.27. The highest BCUT2D eigenvalue weighted by atomic mass is 19.3. The minimum Gasteiger partial charge on any atom is -0.485 e. The molecule has 0 spiro atoms. The predicted molar refractivity (Wildman–Crippen MR) is 114 cm³/mol. The number of carbonyl (C=O) groups is 1. The summed E-state index contributed by atoms with van der Waals surface area (Å²) >= 11 is 0. The van der Waals surface area contributed by atoms with Gasteiger partial charge in [0, 0.05) is 53.7 Å². The third-order valence-corrected chi connectivity index (χ3v) is 5.53. The first-order valence-electron chi connectivity index (χ1n) is 10.3. The topological polar surface area (TPSA) is 76.6 Å². The van der Waals surface area contributed by atoms with Gasteiger partial charge in [-0.3, -0.25) is 9.78 Å². The van der Waals surface area contributed by atoms with Crippen LogP contribution in [0.5, 0.6) is 11.5 Å². The summed E-state index contributed by atoms with van der Waals surface area (Å²) in [5.41, 5.74) is 4.10. The third kappa shape index (κ3) is 3.81. The number of nitrogens with zero attached hydrogens (tertiary/aromatic N) is 3. The number of carbonyl (C=O) groups excluding carboxylic acids is 1. The Hall–Kier alpha value is -3.75. The van der Waals surface area contributed by atoms with Crippen LogP contribution >= 0.6 is 0 Å². The minimum atomic E-state index is -2.92. The smallest absolute Gasteiger partial charge is 0.387 e. The second-order valence-corrected chi connectivity index (χ2v) is 7.66. The van der Waals surface area contributed by atoms with E-state index >= 15 is 0 Å². The Morgan fingerprint density at radius 3 is 2.84 bits per heavy atom. The Morgan fingerprint density at radius 2 is 2.06 bits per heavy atom. The van der Waals surface area contributed by atoms with E-state index in [2.05, 4.69) is 20.0 Å². The van der Waals surface area contributed by atoms with Crippen molar-refractivity contribution in [3.05, 3.63) is 54.5 Å². The van der Waals surface area contributed by atoms with Crippen molar-refractivity contribution in [2.45, 2.75) is 32.5 Å². The molecular formula is C23H20F2N4O3. The van der Waals surface area contributed by atoms with Gasteiger partial charge in [-0.25, -0.2) is 4.98 Å². The molecule has 32 heavy (non-hydrogen) atoms. The number of anilines is 3. The number of pyridine rings is 2. The third-order valence-electron chi connectivity index (χ3n) is 5.53. The first-order valence-corrected chi connectivity index (χ1v) is 10.3. The van der Waals surface area contributed by atoms with E-state index in [1.54, 1.807) is 11.1 Å². The van der Waals surface area contributed by atoms with Crippen LogP contribution in [0.2, 0.25) is 0 Å². The Labute approximate surface area is 183 Å². The van der Waals surface area contributed by atoms with E-state index in [9.17, 15) is 13.6 Å².